The summed E-state index contributed by atoms with van der Waals surface area (Å²) in [6, 6.07) is 0. The number of ketones is 1. The van der Waals surface area contributed by atoms with Crippen molar-refractivity contribution in [3.8, 4) is 0 Å². The van der Waals surface area contributed by atoms with Crippen LogP contribution in [0.3, 0.4) is 0 Å². The SMILES string of the molecule is C.C.C.C.C[C@@H]1[C@H]2OC(C)(C)O[C@H]2OC12CC(=O)C2.C[C@@H]1[C@H]2OC(C)(C)O[C@H]2OC12CC(O)C2. The van der Waals surface area contributed by atoms with Crippen molar-refractivity contribution in [1.82, 2.24) is 0 Å². The van der Waals surface area contributed by atoms with Gasteiger partial charge in [-0.25, -0.2) is 0 Å². The van der Waals surface area contributed by atoms with E-state index >= 15 is 0 Å². The number of rotatable bonds is 0. The van der Waals surface area contributed by atoms with Gasteiger partial charge in [0.15, 0.2) is 24.2 Å². The lowest BCUT2D eigenvalue weighted by atomic mass is 9.69. The molecule has 8 nitrogen and oxygen atoms in total. The molecule has 4 aliphatic heterocycles. The molecular formula is C26H50O8. The smallest absolute Gasteiger partial charge is 0.188 e. The van der Waals surface area contributed by atoms with Crippen molar-refractivity contribution in [1.29, 1.82) is 0 Å². The Morgan fingerprint density at radius 1 is 0.676 bits per heavy atom. The van der Waals surface area contributed by atoms with Crippen molar-refractivity contribution >= 4 is 5.78 Å². The standard InChI is InChI=1S/C11H18O4.C11H16O4.4CH4/c2*1-6-8-9(14-10(2,3)13-8)15-11(6)4-7(12)5-11;;;;/h6-9,12H,4-5H2,1-3H3;6,8-9H,4-5H2,1-3H3;4*1H4/t6-,7?,8-,9+,11?;6-,8-,9+;;;;/m11..../s1. The van der Waals surface area contributed by atoms with E-state index in [1.165, 1.54) is 0 Å². The first-order chi connectivity index (χ1) is 13.8. The van der Waals surface area contributed by atoms with E-state index in [1.54, 1.807) is 0 Å². The highest BCUT2D eigenvalue weighted by Gasteiger charge is 2.65. The maximum Gasteiger partial charge on any atom is 0.188 e. The summed E-state index contributed by atoms with van der Waals surface area (Å²) in [5.41, 5.74) is -0.478. The van der Waals surface area contributed by atoms with E-state index in [9.17, 15) is 9.90 Å². The van der Waals surface area contributed by atoms with Crippen LogP contribution in [0.2, 0.25) is 0 Å². The van der Waals surface area contributed by atoms with E-state index in [4.69, 9.17) is 28.4 Å². The molecule has 8 heteroatoms. The highest BCUT2D eigenvalue weighted by molar-refractivity contribution is 5.87. The van der Waals surface area contributed by atoms with Gasteiger partial charge >= 0.3 is 0 Å². The van der Waals surface area contributed by atoms with E-state index in [0.29, 0.717) is 31.6 Å². The minimum Gasteiger partial charge on any atom is -0.393 e. The molecule has 0 bridgehead atoms. The quantitative estimate of drug-likeness (QED) is 0.518. The summed E-state index contributed by atoms with van der Waals surface area (Å²) >= 11 is 0. The minimum absolute atomic E-state index is 0. The van der Waals surface area contributed by atoms with Crippen LogP contribution in [0.1, 0.15) is 96.9 Å². The Hall–Kier alpha value is -0.610. The molecule has 2 spiro atoms. The van der Waals surface area contributed by atoms with Crippen molar-refractivity contribution in [2.75, 3.05) is 0 Å². The first kappa shape index (κ1) is 31.4. The predicted molar refractivity (Wildman–Crippen MR) is 130 cm³/mol. The van der Waals surface area contributed by atoms with Crippen molar-refractivity contribution in [2.45, 2.75) is 151 Å². The number of ether oxygens (including phenoxy) is 6. The van der Waals surface area contributed by atoms with Crippen LogP contribution in [-0.2, 0) is 33.2 Å². The summed E-state index contributed by atoms with van der Waals surface area (Å²) in [7, 11) is 0. The number of carbonyl (C=O) groups excluding carboxylic acids is 1. The van der Waals surface area contributed by atoms with Gasteiger partial charge in [0, 0.05) is 37.5 Å². The minimum atomic E-state index is -0.557. The topological polar surface area (TPSA) is 92.7 Å². The summed E-state index contributed by atoms with van der Waals surface area (Å²) in [5, 5.41) is 9.40. The number of hydrogen-bond acceptors (Lipinski definition) is 8. The molecule has 6 fully saturated rings. The van der Waals surface area contributed by atoms with Crippen LogP contribution in [0.15, 0.2) is 0 Å². The Bertz CT molecular complexity index is 720. The molecule has 0 amide bonds. The molecule has 2 aliphatic carbocycles. The van der Waals surface area contributed by atoms with Crippen molar-refractivity contribution in [3.05, 3.63) is 0 Å². The maximum atomic E-state index is 11.1. The lowest BCUT2D eigenvalue weighted by molar-refractivity contribution is -0.260. The second-order valence-corrected chi connectivity index (χ2v) is 10.8. The zero-order valence-electron chi connectivity index (χ0n) is 18.7. The Labute approximate surface area is 206 Å². The molecule has 6 aliphatic rings. The summed E-state index contributed by atoms with van der Waals surface area (Å²) in [5.74, 6) is -0.275. The molecule has 0 unspecified atom stereocenters. The summed E-state index contributed by atoms with van der Waals surface area (Å²) in [6.07, 6.45) is 1.73. The van der Waals surface area contributed by atoms with Crippen molar-refractivity contribution < 1.29 is 38.3 Å². The molecule has 202 valence electrons. The van der Waals surface area contributed by atoms with Crippen LogP contribution in [0, 0.1) is 11.8 Å². The highest BCUT2D eigenvalue weighted by Crippen LogP contribution is 2.54. The van der Waals surface area contributed by atoms with E-state index in [1.807, 2.05) is 27.7 Å². The van der Waals surface area contributed by atoms with E-state index in [0.717, 1.165) is 0 Å². The number of hydrogen-bond donors (Lipinski definition) is 1. The molecular weight excluding hydrogens is 440 g/mol. The average molecular weight is 491 g/mol. The van der Waals surface area contributed by atoms with Gasteiger partial charge in [-0.3, -0.25) is 4.79 Å². The van der Waals surface area contributed by atoms with Gasteiger partial charge in [0.1, 0.15) is 18.0 Å². The fraction of sp³-hybridized carbons (Fsp3) is 0.962. The molecule has 0 aromatic rings. The number of carbonyl (C=O) groups is 1. The Morgan fingerprint density at radius 3 is 1.41 bits per heavy atom. The molecule has 4 heterocycles. The molecule has 34 heavy (non-hydrogen) atoms. The maximum absolute atomic E-state index is 11.1. The van der Waals surface area contributed by atoms with Gasteiger partial charge in [-0.2, -0.15) is 0 Å². The third-order valence-electron chi connectivity index (χ3n) is 7.68. The molecule has 6 atom stereocenters. The summed E-state index contributed by atoms with van der Waals surface area (Å²) in [6.45, 7) is 11.8. The first-order valence-electron chi connectivity index (χ1n) is 11.1. The lowest BCUT2D eigenvalue weighted by Crippen LogP contribution is -2.52. The molecule has 0 radical (unpaired) electrons. The average Bonchev–Trinajstić information content (AvgIpc) is 3.19. The zero-order valence-corrected chi connectivity index (χ0v) is 18.7. The molecule has 2 saturated carbocycles. The number of aliphatic hydroxyl groups excluding tert-OH is 1. The van der Waals surface area contributed by atoms with Crippen molar-refractivity contribution in [2.24, 2.45) is 11.8 Å². The second-order valence-electron chi connectivity index (χ2n) is 10.8. The van der Waals surface area contributed by atoms with Gasteiger partial charge in [0.25, 0.3) is 0 Å². The Balaban J connectivity index is 0.000000304. The fourth-order valence-electron chi connectivity index (χ4n) is 5.88. The second kappa shape index (κ2) is 9.69. The summed E-state index contributed by atoms with van der Waals surface area (Å²) in [4.78, 5) is 11.1. The summed E-state index contributed by atoms with van der Waals surface area (Å²) < 4.78 is 34.7. The van der Waals surface area contributed by atoms with Crippen LogP contribution < -0.4 is 0 Å². The van der Waals surface area contributed by atoms with Gasteiger partial charge in [-0.15, -0.1) is 0 Å². The largest absolute Gasteiger partial charge is 0.393 e. The monoisotopic (exact) mass is 490 g/mol. The fourth-order valence-corrected chi connectivity index (χ4v) is 5.88. The molecule has 6 rings (SSSR count). The van der Waals surface area contributed by atoms with E-state index < -0.39 is 11.6 Å². The van der Waals surface area contributed by atoms with E-state index in [2.05, 4.69) is 13.8 Å². The number of fused-ring (bicyclic) bond motifs is 2. The lowest BCUT2D eigenvalue weighted by Gasteiger charge is -2.45. The van der Waals surface area contributed by atoms with Gasteiger partial charge in [0.2, 0.25) is 0 Å². The van der Waals surface area contributed by atoms with Gasteiger partial charge in [-0.1, -0.05) is 43.6 Å². The Morgan fingerprint density at radius 2 is 1.06 bits per heavy atom. The Kier molecular flexibility index (Phi) is 8.95. The van der Waals surface area contributed by atoms with Gasteiger partial charge in [-0.05, 0) is 27.7 Å². The molecule has 0 aromatic carbocycles. The molecule has 1 N–H and O–H groups in total. The normalized spacial score (nSPS) is 45.1. The third kappa shape index (κ3) is 4.84. The van der Waals surface area contributed by atoms with Crippen LogP contribution in [0.25, 0.3) is 0 Å². The number of Topliss-reactive ketones (excluding diaryl/α,β-unsaturated/α-hetero) is 1. The van der Waals surface area contributed by atoms with Crippen LogP contribution in [-0.4, -0.2) is 64.6 Å². The highest BCUT2D eigenvalue weighted by atomic mass is 16.8. The van der Waals surface area contributed by atoms with E-state index in [-0.39, 0.29) is 83.5 Å². The molecule has 0 aromatic heterocycles. The molecule has 4 saturated heterocycles. The van der Waals surface area contributed by atoms with Crippen LogP contribution >= 0.6 is 0 Å². The number of aliphatic hydroxyl groups is 1. The van der Waals surface area contributed by atoms with Crippen molar-refractivity contribution in [3.63, 3.8) is 0 Å². The zero-order chi connectivity index (χ0) is 21.7. The van der Waals surface area contributed by atoms with Crippen LogP contribution in [0.4, 0.5) is 0 Å². The van der Waals surface area contributed by atoms with Gasteiger partial charge in [0.05, 0.1) is 17.3 Å². The van der Waals surface area contributed by atoms with Crippen LogP contribution in [0.5, 0.6) is 0 Å². The third-order valence-corrected chi connectivity index (χ3v) is 7.68. The predicted octanol–water partition coefficient (Wildman–Crippen LogP) is 4.80. The van der Waals surface area contributed by atoms with Gasteiger partial charge < -0.3 is 33.5 Å². The first-order valence-corrected chi connectivity index (χ1v) is 11.1.